The molecule has 0 saturated carbocycles. The lowest BCUT2D eigenvalue weighted by Crippen LogP contribution is -2.32. The molecule has 28 heavy (non-hydrogen) atoms. The summed E-state index contributed by atoms with van der Waals surface area (Å²) in [5.41, 5.74) is 5.24. The van der Waals surface area contributed by atoms with Gasteiger partial charge in [-0.25, -0.2) is 4.99 Å². The van der Waals surface area contributed by atoms with Gasteiger partial charge in [0.2, 0.25) is 0 Å². The number of fused-ring (bicyclic) bond motifs is 2. The van der Waals surface area contributed by atoms with Crippen LogP contribution in [0.3, 0.4) is 0 Å². The topological polar surface area (TPSA) is 39.7 Å². The number of hydrogen-bond donors (Lipinski definition) is 2. The van der Waals surface area contributed by atoms with Gasteiger partial charge in [-0.2, -0.15) is 0 Å². The first-order valence-electron chi connectivity index (χ1n) is 10.1. The van der Waals surface area contributed by atoms with E-state index in [1.54, 1.807) is 0 Å². The van der Waals surface area contributed by atoms with Gasteiger partial charge in [0.1, 0.15) is 5.50 Å². The second kappa shape index (κ2) is 8.01. The Morgan fingerprint density at radius 2 is 2.11 bits per heavy atom. The van der Waals surface area contributed by atoms with Crippen molar-refractivity contribution in [3.63, 3.8) is 0 Å². The van der Waals surface area contributed by atoms with Gasteiger partial charge in [-0.15, -0.1) is 0 Å². The molecule has 146 valence electrons. The Balaban J connectivity index is 1.12. The lowest BCUT2D eigenvalue weighted by atomic mass is 10.1. The lowest BCUT2D eigenvalue weighted by Gasteiger charge is -2.16. The molecule has 0 aliphatic carbocycles. The van der Waals surface area contributed by atoms with Crippen molar-refractivity contribution in [2.24, 2.45) is 4.99 Å². The van der Waals surface area contributed by atoms with E-state index < -0.39 is 0 Å². The van der Waals surface area contributed by atoms with Crippen LogP contribution in [0.4, 0.5) is 11.4 Å². The van der Waals surface area contributed by atoms with Crippen LogP contribution in [0.5, 0.6) is 0 Å². The smallest absolute Gasteiger partial charge is 0.164 e. The molecule has 0 amide bonds. The Morgan fingerprint density at radius 3 is 3.00 bits per heavy atom. The standard InChI is InChI=1S/C22H26N4S2/c1-15-4-9-19-20(13-15)28-21(25-19)23-11-10-16-5-7-17(8-6-16)24-22-26-12-2-3-18(26)14-27-22/h4-9,13,18,21,23,25H,2-3,10-12,14H2,1H3/t18-,21?/m0/s1. The van der Waals surface area contributed by atoms with E-state index in [2.05, 4.69) is 64.9 Å². The molecule has 0 aromatic heterocycles. The van der Waals surface area contributed by atoms with E-state index in [-0.39, 0.29) is 5.50 Å². The third kappa shape index (κ3) is 3.91. The molecule has 1 unspecified atom stereocenters. The first-order valence-corrected chi connectivity index (χ1v) is 12.0. The summed E-state index contributed by atoms with van der Waals surface area (Å²) in [6.07, 6.45) is 3.67. The molecule has 2 aromatic carbocycles. The Labute approximate surface area is 175 Å². The largest absolute Gasteiger partial charge is 0.360 e. The maximum atomic E-state index is 4.89. The van der Waals surface area contributed by atoms with Crippen molar-refractivity contribution in [3.05, 3.63) is 53.6 Å². The van der Waals surface area contributed by atoms with Crippen molar-refractivity contribution in [1.29, 1.82) is 0 Å². The number of anilines is 1. The Bertz CT molecular complexity index is 881. The number of aliphatic imine (C=N–C) groups is 1. The molecule has 3 aliphatic heterocycles. The molecule has 2 saturated heterocycles. The van der Waals surface area contributed by atoms with Crippen LogP contribution in [0, 0.1) is 6.92 Å². The number of aryl methyl sites for hydroxylation is 1. The third-order valence-electron chi connectivity index (χ3n) is 5.60. The van der Waals surface area contributed by atoms with Crippen LogP contribution >= 0.6 is 23.5 Å². The van der Waals surface area contributed by atoms with Gasteiger partial charge in [0.15, 0.2) is 5.17 Å². The fourth-order valence-corrected chi connectivity index (χ4v) is 6.46. The molecule has 2 fully saturated rings. The summed E-state index contributed by atoms with van der Waals surface area (Å²) >= 11 is 3.78. The van der Waals surface area contributed by atoms with Crippen molar-refractivity contribution < 1.29 is 0 Å². The van der Waals surface area contributed by atoms with Crippen molar-refractivity contribution >= 4 is 40.1 Å². The summed E-state index contributed by atoms with van der Waals surface area (Å²) in [7, 11) is 0. The first kappa shape index (κ1) is 18.4. The predicted molar refractivity (Wildman–Crippen MR) is 122 cm³/mol. The van der Waals surface area contributed by atoms with E-state index in [4.69, 9.17) is 4.99 Å². The molecular weight excluding hydrogens is 384 g/mol. The molecule has 0 spiro atoms. The molecule has 2 N–H and O–H groups in total. The van der Waals surface area contributed by atoms with Crippen LogP contribution < -0.4 is 10.6 Å². The summed E-state index contributed by atoms with van der Waals surface area (Å²) in [4.78, 5) is 8.72. The quantitative estimate of drug-likeness (QED) is 0.739. The zero-order valence-electron chi connectivity index (χ0n) is 16.1. The van der Waals surface area contributed by atoms with Crippen LogP contribution in [-0.2, 0) is 6.42 Å². The molecule has 4 nitrogen and oxygen atoms in total. The highest BCUT2D eigenvalue weighted by atomic mass is 32.2. The summed E-state index contributed by atoms with van der Waals surface area (Å²) in [5, 5.41) is 8.37. The van der Waals surface area contributed by atoms with E-state index in [0.29, 0.717) is 0 Å². The van der Waals surface area contributed by atoms with E-state index in [0.717, 1.165) is 24.7 Å². The summed E-state index contributed by atoms with van der Waals surface area (Å²) < 4.78 is 0. The van der Waals surface area contributed by atoms with Crippen molar-refractivity contribution in [1.82, 2.24) is 10.2 Å². The second-order valence-electron chi connectivity index (χ2n) is 7.71. The number of thioether (sulfide) groups is 2. The van der Waals surface area contributed by atoms with E-state index in [9.17, 15) is 0 Å². The van der Waals surface area contributed by atoms with Crippen molar-refractivity contribution in [2.75, 3.05) is 24.2 Å². The monoisotopic (exact) mass is 410 g/mol. The Kier molecular flexibility index (Phi) is 5.26. The number of nitrogens with one attached hydrogen (secondary N) is 2. The lowest BCUT2D eigenvalue weighted by molar-refractivity contribution is 0.440. The number of benzene rings is 2. The summed E-state index contributed by atoms with van der Waals surface area (Å²) in [5.74, 6) is 1.21. The van der Waals surface area contributed by atoms with Gasteiger partial charge in [0, 0.05) is 35.5 Å². The van der Waals surface area contributed by atoms with Gasteiger partial charge in [-0.05, 0) is 61.6 Å². The van der Waals surface area contributed by atoms with Crippen LogP contribution in [0.1, 0.15) is 24.0 Å². The first-order chi connectivity index (χ1) is 13.7. The minimum atomic E-state index is 0.260. The molecule has 0 bridgehead atoms. The van der Waals surface area contributed by atoms with Crippen LogP contribution in [0.15, 0.2) is 52.4 Å². The van der Waals surface area contributed by atoms with E-state index in [1.165, 1.54) is 52.0 Å². The van der Waals surface area contributed by atoms with Gasteiger partial charge in [0.25, 0.3) is 0 Å². The number of hydrogen-bond acceptors (Lipinski definition) is 5. The average Bonchev–Trinajstić information content (AvgIpc) is 3.40. The second-order valence-corrected chi connectivity index (χ2v) is 9.84. The highest BCUT2D eigenvalue weighted by Gasteiger charge is 2.33. The maximum absolute atomic E-state index is 4.89. The molecule has 2 atom stereocenters. The minimum absolute atomic E-state index is 0.260. The highest BCUT2D eigenvalue weighted by molar-refractivity contribution is 8.14. The van der Waals surface area contributed by atoms with Gasteiger partial charge >= 0.3 is 0 Å². The number of nitrogens with zero attached hydrogens (tertiary/aromatic N) is 2. The summed E-state index contributed by atoms with van der Waals surface area (Å²) in [6.45, 7) is 4.28. The maximum Gasteiger partial charge on any atom is 0.164 e. The molecule has 3 aliphatic rings. The van der Waals surface area contributed by atoms with Crippen molar-refractivity contribution in [3.8, 4) is 0 Å². The number of amidine groups is 1. The Morgan fingerprint density at radius 1 is 1.21 bits per heavy atom. The third-order valence-corrected chi connectivity index (χ3v) is 7.85. The zero-order valence-corrected chi connectivity index (χ0v) is 17.8. The molecule has 2 aromatic rings. The van der Waals surface area contributed by atoms with Crippen LogP contribution in [0.2, 0.25) is 0 Å². The van der Waals surface area contributed by atoms with Gasteiger partial charge < -0.3 is 10.2 Å². The van der Waals surface area contributed by atoms with Gasteiger partial charge in [-0.1, -0.05) is 41.7 Å². The fraction of sp³-hybridized carbons (Fsp3) is 0.409. The zero-order chi connectivity index (χ0) is 18.9. The predicted octanol–water partition coefficient (Wildman–Crippen LogP) is 4.83. The van der Waals surface area contributed by atoms with Gasteiger partial charge in [0.05, 0.1) is 5.69 Å². The molecule has 6 heteroatoms. The SMILES string of the molecule is Cc1ccc2c(c1)SC(NCCc1ccc(N=C3SC[C@@H]4CCCN34)cc1)N2. The van der Waals surface area contributed by atoms with Crippen LogP contribution in [-0.4, -0.2) is 40.4 Å². The average molecular weight is 411 g/mol. The van der Waals surface area contributed by atoms with E-state index >= 15 is 0 Å². The summed E-state index contributed by atoms with van der Waals surface area (Å²) in [6, 6.07) is 16.1. The highest BCUT2D eigenvalue weighted by Crippen LogP contribution is 2.37. The minimum Gasteiger partial charge on any atom is -0.360 e. The normalized spacial score (nSPS) is 24.5. The fourth-order valence-electron chi connectivity index (χ4n) is 4.04. The number of rotatable bonds is 5. The molecular formula is C22H26N4S2. The molecule has 5 rings (SSSR count). The Hall–Kier alpha value is -1.63. The molecule has 3 heterocycles. The molecule has 0 radical (unpaired) electrons. The van der Waals surface area contributed by atoms with E-state index in [1.807, 2.05) is 23.5 Å². The van der Waals surface area contributed by atoms with Crippen LogP contribution in [0.25, 0.3) is 0 Å². The van der Waals surface area contributed by atoms with Gasteiger partial charge in [-0.3, -0.25) is 5.32 Å². The van der Waals surface area contributed by atoms with Crippen molar-refractivity contribution in [2.45, 2.75) is 42.6 Å².